The molecule has 2 rings (SSSR count). The molecule has 0 spiro atoms. The van der Waals surface area contributed by atoms with Crippen LogP contribution in [-0.2, 0) is 9.59 Å². The predicted octanol–water partition coefficient (Wildman–Crippen LogP) is 2.56. The average molecular weight is 298 g/mol. The number of aliphatic carboxylic acids is 1. The molecule has 1 N–H and O–H groups in total. The second-order valence-corrected chi connectivity index (χ2v) is 5.60. The normalized spacial score (nSPS) is 17.9. The van der Waals surface area contributed by atoms with E-state index in [1.807, 2.05) is 13.8 Å². The summed E-state index contributed by atoms with van der Waals surface area (Å²) in [5, 5.41) is 9.38. The topological polar surface area (TPSA) is 66.8 Å². The van der Waals surface area contributed by atoms with Crippen molar-refractivity contribution in [1.29, 1.82) is 0 Å². The molecule has 0 radical (unpaired) electrons. The monoisotopic (exact) mass is 297 g/mol. The van der Waals surface area contributed by atoms with Crippen molar-refractivity contribution in [3.8, 4) is 5.75 Å². The van der Waals surface area contributed by atoms with Crippen molar-refractivity contribution in [2.75, 3.05) is 11.4 Å². The smallest absolute Gasteiger partial charge is 0.307 e. The van der Waals surface area contributed by atoms with E-state index in [0.29, 0.717) is 23.0 Å². The summed E-state index contributed by atoms with van der Waals surface area (Å²) in [5.74, 6) is -0.670. The number of halogens is 1. The summed E-state index contributed by atoms with van der Waals surface area (Å²) in [6.07, 6.45) is -1.34. The quantitative estimate of drug-likeness (QED) is 0.927. The number of nitrogens with zero attached hydrogens (tertiary/aromatic N) is 1. The molecule has 1 unspecified atom stereocenters. The van der Waals surface area contributed by atoms with Crippen LogP contribution in [0.15, 0.2) is 18.2 Å². The van der Waals surface area contributed by atoms with E-state index < -0.39 is 12.1 Å². The highest BCUT2D eigenvalue weighted by molar-refractivity contribution is 6.31. The second kappa shape index (κ2) is 5.71. The van der Waals surface area contributed by atoms with Crippen LogP contribution < -0.4 is 9.64 Å². The number of carboxylic acid groups (broad SMARTS) is 1. The van der Waals surface area contributed by atoms with E-state index in [4.69, 9.17) is 21.4 Å². The van der Waals surface area contributed by atoms with E-state index in [9.17, 15) is 9.59 Å². The van der Waals surface area contributed by atoms with Crippen molar-refractivity contribution in [2.24, 2.45) is 5.92 Å². The standard InChI is InChI=1S/C14H16ClNO4/c1-8(2)7-16-10-5-9(15)3-4-11(10)20-12(14(16)19)6-13(17)18/h3-5,8,12H,6-7H2,1-2H3,(H,17,18). The first-order chi connectivity index (χ1) is 9.38. The fraction of sp³-hybridized carbons (Fsp3) is 0.429. The molecule has 5 nitrogen and oxygen atoms in total. The zero-order valence-corrected chi connectivity index (χ0v) is 12.1. The Morgan fingerprint density at radius 1 is 1.50 bits per heavy atom. The molecule has 20 heavy (non-hydrogen) atoms. The van der Waals surface area contributed by atoms with Gasteiger partial charge in [0, 0.05) is 11.6 Å². The van der Waals surface area contributed by atoms with Gasteiger partial charge in [-0.05, 0) is 24.1 Å². The van der Waals surface area contributed by atoms with Crippen LogP contribution >= 0.6 is 11.6 Å². The Labute approximate surface area is 122 Å². The van der Waals surface area contributed by atoms with Gasteiger partial charge in [0.15, 0.2) is 6.10 Å². The van der Waals surface area contributed by atoms with Gasteiger partial charge in [0.05, 0.1) is 12.1 Å². The molecule has 6 heteroatoms. The highest BCUT2D eigenvalue weighted by atomic mass is 35.5. The first kappa shape index (κ1) is 14.7. The first-order valence-electron chi connectivity index (χ1n) is 6.38. The molecule has 1 aromatic carbocycles. The third kappa shape index (κ3) is 3.04. The Kier molecular flexibility index (Phi) is 4.18. The number of benzene rings is 1. The molecule has 1 aliphatic heterocycles. The lowest BCUT2D eigenvalue weighted by molar-refractivity contribution is -0.142. The van der Waals surface area contributed by atoms with Gasteiger partial charge in [-0.3, -0.25) is 9.59 Å². The lowest BCUT2D eigenvalue weighted by atomic mass is 10.1. The van der Waals surface area contributed by atoms with Crippen LogP contribution in [0.5, 0.6) is 5.75 Å². The van der Waals surface area contributed by atoms with E-state index in [1.54, 1.807) is 23.1 Å². The number of rotatable bonds is 4. The minimum atomic E-state index is -1.06. The minimum absolute atomic E-state index is 0.245. The number of ether oxygens (including phenoxy) is 1. The molecule has 0 saturated carbocycles. The van der Waals surface area contributed by atoms with E-state index in [-0.39, 0.29) is 18.2 Å². The maximum Gasteiger partial charge on any atom is 0.307 e. The zero-order valence-electron chi connectivity index (χ0n) is 11.3. The maximum absolute atomic E-state index is 12.4. The molecule has 0 fully saturated rings. The highest BCUT2D eigenvalue weighted by Gasteiger charge is 2.36. The Morgan fingerprint density at radius 2 is 2.20 bits per heavy atom. The summed E-state index contributed by atoms with van der Waals surface area (Å²) in [5.41, 5.74) is 0.595. The van der Waals surface area contributed by atoms with Gasteiger partial charge in [-0.2, -0.15) is 0 Å². The number of carboxylic acids is 1. The molecule has 1 aromatic rings. The fourth-order valence-electron chi connectivity index (χ4n) is 2.14. The Morgan fingerprint density at radius 3 is 2.80 bits per heavy atom. The molecular weight excluding hydrogens is 282 g/mol. The van der Waals surface area contributed by atoms with Crippen molar-refractivity contribution >= 4 is 29.2 Å². The van der Waals surface area contributed by atoms with Crippen LogP contribution in [0.4, 0.5) is 5.69 Å². The van der Waals surface area contributed by atoms with Gasteiger partial charge in [0.2, 0.25) is 0 Å². The third-order valence-corrected chi connectivity index (χ3v) is 3.17. The average Bonchev–Trinajstić information content (AvgIpc) is 2.34. The molecule has 108 valence electrons. The van der Waals surface area contributed by atoms with E-state index in [0.717, 1.165) is 0 Å². The van der Waals surface area contributed by atoms with Gasteiger partial charge in [-0.1, -0.05) is 25.4 Å². The van der Waals surface area contributed by atoms with Crippen molar-refractivity contribution in [3.63, 3.8) is 0 Å². The largest absolute Gasteiger partial charge is 0.481 e. The number of fused-ring (bicyclic) bond motifs is 1. The lowest BCUT2D eigenvalue weighted by Gasteiger charge is -2.35. The van der Waals surface area contributed by atoms with E-state index >= 15 is 0 Å². The second-order valence-electron chi connectivity index (χ2n) is 5.16. The van der Waals surface area contributed by atoms with Crippen LogP contribution in [0.3, 0.4) is 0 Å². The highest BCUT2D eigenvalue weighted by Crippen LogP contribution is 2.37. The van der Waals surface area contributed by atoms with Gasteiger partial charge in [-0.25, -0.2) is 0 Å². The van der Waals surface area contributed by atoms with Crippen LogP contribution in [0, 0.1) is 5.92 Å². The Bertz CT molecular complexity index is 544. The van der Waals surface area contributed by atoms with Gasteiger partial charge >= 0.3 is 5.97 Å². The molecule has 0 bridgehead atoms. The Balaban J connectivity index is 2.39. The number of carbonyl (C=O) groups is 2. The molecule has 1 atom stereocenters. The van der Waals surface area contributed by atoms with Gasteiger partial charge in [-0.15, -0.1) is 0 Å². The van der Waals surface area contributed by atoms with Gasteiger partial charge < -0.3 is 14.7 Å². The predicted molar refractivity (Wildman–Crippen MR) is 75.3 cm³/mol. The minimum Gasteiger partial charge on any atom is -0.481 e. The molecule has 0 aliphatic carbocycles. The molecule has 0 saturated heterocycles. The summed E-state index contributed by atoms with van der Waals surface area (Å²) >= 11 is 5.96. The summed E-state index contributed by atoms with van der Waals surface area (Å²) < 4.78 is 5.49. The number of amides is 1. The molecular formula is C14H16ClNO4. The third-order valence-electron chi connectivity index (χ3n) is 2.93. The van der Waals surface area contributed by atoms with Crippen LogP contribution in [0.25, 0.3) is 0 Å². The zero-order chi connectivity index (χ0) is 14.9. The lowest BCUT2D eigenvalue weighted by Crippen LogP contribution is -2.48. The summed E-state index contributed by atoms with van der Waals surface area (Å²) in [7, 11) is 0. The first-order valence-corrected chi connectivity index (χ1v) is 6.75. The molecule has 0 aromatic heterocycles. The molecule has 1 aliphatic rings. The van der Waals surface area contributed by atoms with Crippen molar-refractivity contribution in [1.82, 2.24) is 0 Å². The number of hydrogen-bond donors (Lipinski definition) is 1. The van der Waals surface area contributed by atoms with Crippen molar-refractivity contribution in [2.45, 2.75) is 26.4 Å². The van der Waals surface area contributed by atoms with Crippen LogP contribution in [0.2, 0.25) is 5.02 Å². The fourth-order valence-corrected chi connectivity index (χ4v) is 2.30. The summed E-state index contributed by atoms with van der Waals surface area (Å²) in [6, 6.07) is 4.97. The summed E-state index contributed by atoms with van der Waals surface area (Å²) in [4.78, 5) is 24.8. The van der Waals surface area contributed by atoms with Gasteiger partial charge in [0.25, 0.3) is 5.91 Å². The SMILES string of the molecule is CC(C)CN1C(=O)C(CC(=O)O)Oc2ccc(Cl)cc21. The van der Waals surface area contributed by atoms with Gasteiger partial charge in [0.1, 0.15) is 5.75 Å². The van der Waals surface area contributed by atoms with E-state index in [2.05, 4.69) is 0 Å². The maximum atomic E-state index is 12.4. The number of carbonyl (C=O) groups excluding carboxylic acids is 1. The van der Waals surface area contributed by atoms with Crippen LogP contribution in [-0.4, -0.2) is 29.6 Å². The Hall–Kier alpha value is -1.75. The van der Waals surface area contributed by atoms with Crippen LogP contribution in [0.1, 0.15) is 20.3 Å². The molecule has 1 amide bonds. The summed E-state index contributed by atoms with van der Waals surface area (Å²) in [6.45, 7) is 4.46. The number of hydrogen-bond acceptors (Lipinski definition) is 3. The van der Waals surface area contributed by atoms with Crippen molar-refractivity contribution in [3.05, 3.63) is 23.2 Å². The number of anilines is 1. The van der Waals surface area contributed by atoms with E-state index in [1.165, 1.54) is 0 Å². The molecule has 1 heterocycles. The van der Waals surface area contributed by atoms with Crippen molar-refractivity contribution < 1.29 is 19.4 Å².